The molecule has 0 unspecified atom stereocenters. The van der Waals surface area contributed by atoms with E-state index < -0.39 is 0 Å². The zero-order chi connectivity index (χ0) is 14.2. The van der Waals surface area contributed by atoms with Gasteiger partial charge in [0.1, 0.15) is 10.8 Å². The summed E-state index contributed by atoms with van der Waals surface area (Å²) in [4.78, 5) is 0.357. The van der Waals surface area contributed by atoms with Gasteiger partial charge in [0, 0.05) is 32.4 Å². The van der Waals surface area contributed by atoms with Crippen molar-refractivity contribution in [1.82, 2.24) is 19.6 Å². The number of nitrogens with two attached hydrogens (primary N) is 1. The molecule has 0 aromatic carbocycles. The molecule has 2 aromatic heterocycles. The van der Waals surface area contributed by atoms with E-state index in [9.17, 15) is 0 Å². The lowest BCUT2D eigenvalue weighted by Crippen LogP contribution is -2.14. The summed E-state index contributed by atoms with van der Waals surface area (Å²) in [5, 5.41) is 12.0. The van der Waals surface area contributed by atoms with E-state index in [2.05, 4.69) is 15.5 Å². The monoisotopic (exact) mass is 278 g/mol. The first-order chi connectivity index (χ1) is 8.90. The zero-order valence-corrected chi connectivity index (χ0v) is 12.4. The number of anilines is 1. The highest BCUT2D eigenvalue weighted by Crippen LogP contribution is 2.19. The summed E-state index contributed by atoms with van der Waals surface area (Å²) < 4.78 is 3.56. The Hall–Kier alpha value is -1.89. The second-order valence-corrected chi connectivity index (χ2v) is 5.00. The number of nitrogens with one attached hydrogen (secondary N) is 1. The van der Waals surface area contributed by atoms with E-state index in [1.54, 1.807) is 9.36 Å². The van der Waals surface area contributed by atoms with Crippen LogP contribution in [-0.2, 0) is 20.6 Å². The van der Waals surface area contributed by atoms with Gasteiger partial charge in [-0.3, -0.25) is 9.36 Å². The van der Waals surface area contributed by atoms with Gasteiger partial charge in [0.15, 0.2) is 0 Å². The number of aryl methyl sites for hydroxylation is 4. The standard InChI is InChI=1S/C12H18N6S/c1-7-9(6-17(3)15-7)5-14-12-10(11(13)19)8(2)16-18(12)4/h6,14H,5H2,1-4H3,(H2,13,19). The molecule has 0 amide bonds. The molecule has 0 saturated heterocycles. The van der Waals surface area contributed by atoms with Gasteiger partial charge in [-0.25, -0.2) is 0 Å². The maximum atomic E-state index is 5.75. The number of nitrogens with zero attached hydrogens (tertiary/aromatic N) is 4. The lowest BCUT2D eigenvalue weighted by molar-refractivity contribution is 0.755. The van der Waals surface area contributed by atoms with Crippen LogP contribution in [0.5, 0.6) is 0 Å². The molecule has 0 saturated carbocycles. The number of hydrogen-bond acceptors (Lipinski definition) is 4. The first kappa shape index (κ1) is 13.5. The average molecular weight is 278 g/mol. The summed E-state index contributed by atoms with van der Waals surface area (Å²) in [7, 11) is 3.78. The van der Waals surface area contributed by atoms with Crippen LogP contribution in [0.2, 0.25) is 0 Å². The van der Waals surface area contributed by atoms with Crippen molar-refractivity contribution in [2.45, 2.75) is 20.4 Å². The third-order valence-corrected chi connectivity index (χ3v) is 3.23. The van der Waals surface area contributed by atoms with Crippen LogP contribution in [0.1, 0.15) is 22.5 Å². The normalized spacial score (nSPS) is 10.7. The van der Waals surface area contributed by atoms with Crippen LogP contribution >= 0.6 is 12.2 Å². The maximum Gasteiger partial charge on any atom is 0.134 e. The van der Waals surface area contributed by atoms with E-state index in [1.165, 1.54) is 0 Å². The van der Waals surface area contributed by atoms with Crippen LogP contribution in [-0.4, -0.2) is 24.5 Å². The molecular weight excluding hydrogens is 260 g/mol. The predicted molar refractivity (Wildman–Crippen MR) is 79.1 cm³/mol. The molecule has 0 spiro atoms. The van der Waals surface area contributed by atoms with E-state index in [-0.39, 0.29) is 0 Å². The van der Waals surface area contributed by atoms with Crippen molar-refractivity contribution in [1.29, 1.82) is 0 Å². The fourth-order valence-electron chi connectivity index (χ4n) is 2.16. The molecule has 3 N–H and O–H groups in total. The topological polar surface area (TPSA) is 73.7 Å². The van der Waals surface area contributed by atoms with Crippen molar-refractivity contribution in [2.24, 2.45) is 19.8 Å². The summed E-state index contributed by atoms with van der Waals surface area (Å²) in [6, 6.07) is 0. The van der Waals surface area contributed by atoms with E-state index in [0.717, 1.165) is 28.3 Å². The molecule has 0 aliphatic carbocycles. The Balaban J connectivity index is 2.25. The molecule has 0 radical (unpaired) electrons. The minimum Gasteiger partial charge on any atom is -0.389 e. The first-order valence-corrected chi connectivity index (χ1v) is 6.37. The van der Waals surface area contributed by atoms with Gasteiger partial charge in [-0.05, 0) is 13.8 Å². The molecule has 0 aliphatic heterocycles. The predicted octanol–water partition coefficient (Wildman–Crippen LogP) is 1.02. The SMILES string of the molecule is Cc1nn(C)cc1CNc1c(C(N)=S)c(C)nn1C. The Labute approximate surface area is 117 Å². The molecule has 19 heavy (non-hydrogen) atoms. The highest BCUT2D eigenvalue weighted by atomic mass is 32.1. The van der Waals surface area contributed by atoms with Crippen LogP contribution in [0.3, 0.4) is 0 Å². The highest BCUT2D eigenvalue weighted by Gasteiger charge is 2.15. The molecule has 102 valence electrons. The Morgan fingerprint density at radius 3 is 2.53 bits per heavy atom. The molecule has 0 aliphatic rings. The summed E-state index contributed by atoms with van der Waals surface area (Å²) in [6.07, 6.45) is 1.99. The first-order valence-electron chi connectivity index (χ1n) is 5.96. The van der Waals surface area contributed by atoms with Gasteiger partial charge in [0.2, 0.25) is 0 Å². The largest absolute Gasteiger partial charge is 0.389 e. The lowest BCUT2D eigenvalue weighted by Gasteiger charge is -2.08. The molecule has 6 nitrogen and oxygen atoms in total. The molecule has 0 atom stereocenters. The van der Waals surface area contributed by atoms with Crippen molar-refractivity contribution in [3.05, 3.63) is 28.7 Å². The highest BCUT2D eigenvalue weighted by molar-refractivity contribution is 7.80. The molecule has 0 fully saturated rings. The molecule has 7 heteroatoms. The van der Waals surface area contributed by atoms with E-state index >= 15 is 0 Å². The number of rotatable bonds is 4. The van der Waals surface area contributed by atoms with E-state index in [1.807, 2.05) is 34.1 Å². The second kappa shape index (κ2) is 5.00. The summed E-state index contributed by atoms with van der Waals surface area (Å²) in [5.74, 6) is 0.841. The van der Waals surface area contributed by atoms with Gasteiger partial charge < -0.3 is 11.1 Å². The van der Waals surface area contributed by atoms with Gasteiger partial charge in [0.25, 0.3) is 0 Å². The quantitative estimate of drug-likeness (QED) is 0.817. The van der Waals surface area contributed by atoms with Crippen LogP contribution in [0.25, 0.3) is 0 Å². The van der Waals surface area contributed by atoms with Gasteiger partial charge >= 0.3 is 0 Å². The molecule has 2 aromatic rings. The fourth-order valence-corrected chi connectivity index (χ4v) is 2.40. The minimum atomic E-state index is 0.357. The van der Waals surface area contributed by atoms with Crippen LogP contribution in [0.15, 0.2) is 6.20 Å². The van der Waals surface area contributed by atoms with Crippen molar-refractivity contribution in [3.8, 4) is 0 Å². The zero-order valence-electron chi connectivity index (χ0n) is 11.6. The summed E-state index contributed by atoms with van der Waals surface area (Å²) >= 11 is 5.08. The third kappa shape index (κ3) is 2.60. The summed E-state index contributed by atoms with van der Waals surface area (Å²) in [5.41, 5.74) is 9.53. The molecule has 2 rings (SSSR count). The molecule has 2 heterocycles. The van der Waals surface area contributed by atoms with Gasteiger partial charge in [-0.15, -0.1) is 0 Å². The Bertz CT molecular complexity index is 624. The molecule has 0 bridgehead atoms. The van der Waals surface area contributed by atoms with Gasteiger partial charge in [-0.2, -0.15) is 10.2 Å². The summed E-state index contributed by atoms with van der Waals surface area (Å²) in [6.45, 7) is 4.54. The van der Waals surface area contributed by atoms with Crippen molar-refractivity contribution < 1.29 is 0 Å². The maximum absolute atomic E-state index is 5.75. The Morgan fingerprint density at radius 1 is 1.32 bits per heavy atom. The number of aromatic nitrogens is 4. The fraction of sp³-hybridized carbons (Fsp3) is 0.417. The number of hydrogen-bond donors (Lipinski definition) is 2. The Morgan fingerprint density at radius 2 is 2.00 bits per heavy atom. The smallest absolute Gasteiger partial charge is 0.134 e. The van der Waals surface area contributed by atoms with Crippen molar-refractivity contribution >= 4 is 23.0 Å². The van der Waals surface area contributed by atoms with Crippen molar-refractivity contribution in [2.75, 3.05) is 5.32 Å². The Kier molecular flexibility index (Phi) is 3.57. The van der Waals surface area contributed by atoms with E-state index in [0.29, 0.717) is 11.5 Å². The van der Waals surface area contributed by atoms with Gasteiger partial charge in [0.05, 0.1) is 17.0 Å². The lowest BCUT2D eigenvalue weighted by atomic mass is 10.2. The van der Waals surface area contributed by atoms with E-state index in [4.69, 9.17) is 18.0 Å². The second-order valence-electron chi connectivity index (χ2n) is 4.56. The third-order valence-electron chi connectivity index (χ3n) is 3.03. The van der Waals surface area contributed by atoms with Crippen LogP contribution < -0.4 is 11.1 Å². The van der Waals surface area contributed by atoms with Crippen LogP contribution in [0, 0.1) is 13.8 Å². The van der Waals surface area contributed by atoms with Crippen LogP contribution in [0.4, 0.5) is 5.82 Å². The van der Waals surface area contributed by atoms with Gasteiger partial charge in [-0.1, -0.05) is 12.2 Å². The average Bonchev–Trinajstić information content (AvgIpc) is 2.75. The van der Waals surface area contributed by atoms with Crippen molar-refractivity contribution in [3.63, 3.8) is 0 Å². The molecular formula is C12H18N6S. The minimum absolute atomic E-state index is 0.357. The number of thiocarbonyl (C=S) groups is 1.